The normalized spacial score (nSPS) is 19.7. The predicted octanol–water partition coefficient (Wildman–Crippen LogP) is 4.15. The summed E-state index contributed by atoms with van der Waals surface area (Å²) in [5.41, 5.74) is 0. The molecule has 120 valence electrons. The minimum absolute atomic E-state index is 0.0650. The van der Waals surface area contributed by atoms with Gasteiger partial charge < -0.3 is 13.6 Å². The fourth-order valence-corrected chi connectivity index (χ4v) is 3.09. The van der Waals surface area contributed by atoms with Gasteiger partial charge in [0.05, 0.1) is 5.92 Å². The third-order valence-corrected chi connectivity index (χ3v) is 4.41. The van der Waals surface area contributed by atoms with Crippen LogP contribution in [0.5, 0.6) is 11.5 Å². The van der Waals surface area contributed by atoms with E-state index in [-0.39, 0.29) is 17.9 Å². The number of carbonyl (C=O) groups is 1. The van der Waals surface area contributed by atoms with Crippen molar-refractivity contribution < 1.29 is 27.3 Å². The number of phosphoric ester groups is 1. The minimum atomic E-state index is -4.28. The van der Waals surface area contributed by atoms with E-state index in [1.807, 2.05) is 0 Å². The third-order valence-electron chi connectivity index (χ3n) is 3.14. The molecule has 0 spiro atoms. The molecule has 2 aromatic carbocycles. The Morgan fingerprint density at radius 2 is 1.39 bits per heavy atom. The summed E-state index contributed by atoms with van der Waals surface area (Å²) in [7, 11) is -4.28. The van der Waals surface area contributed by atoms with Crippen LogP contribution in [0, 0.1) is 5.92 Å². The van der Waals surface area contributed by atoms with Crippen LogP contribution in [0.25, 0.3) is 0 Å². The van der Waals surface area contributed by atoms with Crippen molar-refractivity contribution in [2.45, 2.75) is 12.6 Å². The van der Waals surface area contributed by atoms with Crippen LogP contribution >= 0.6 is 7.82 Å². The molecule has 0 unspecified atom stereocenters. The lowest BCUT2D eigenvalue weighted by Gasteiger charge is -2.18. The summed E-state index contributed by atoms with van der Waals surface area (Å²) < 4.78 is 41.2. The van der Waals surface area contributed by atoms with E-state index in [9.17, 15) is 13.8 Å². The van der Waals surface area contributed by atoms with Crippen molar-refractivity contribution in [3.63, 3.8) is 0 Å². The maximum absolute atomic E-state index is 13.0. The average Bonchev–Trinajstić information content (AvgIpc) is 3.26. The van der Waals surface area contributed by atoms with E-state index in [1.165, 1.54) is 0 Å². The zero-order chi connectivity index (χ0) is 16.3. The molecular weight excluding hydrogens is 322 g/mol. The standard InChI is InChI=1S/C16H14FO5P/c17-15-11-14(15)16(18)22-23(19,20-12-7-3-1-4-8-12)21-13-9-5-2-6-10-13/h1-10,14-15H,11H2/t14-,15+/m1/s1. The summed E-state index contributed by atoms with van der Waals surface area (Å²) in [6.07, 6.45) is -1.19. The molecule has 1 aliphatic carbocycles. The third kappa shape index (κ3) is 4.11. The lowest BCUT2D eigenvalue weighted by molar-refractivity contribution is -0.137. The van der Waals surface area contributed by atoms with Gasteiger partial charge in [-0.3, -0.25) is 4.79 Å². The van der Waals surface area contributed by atoms with E-state index in [0.717, 1.165) is 0 Å². The first kappa shape index (κ1) is 15.6. The Bertz CT molecular complexity index is 676. The molecule has 0 heterocycles. The summed E-state index contributed by atoms with van der Waals surface area (Å²) in [5.74, 6) is -1.39. The van der Waals surface area contributed by atoms with E-state index in [2.05, 4.69) is 0 Å². The van der Waals surface area contributed by atoms with Crippen LogP contribution in [-0.4, -0.2) is 12.1 Å². The molecule has 0 bridgehead atoms. The van der Waals surface area contributed by atoms with Gasteiger partial charge in [0.2, 0.25) is 0 Å². The smallest absolute Gasteiger partial charge is 0.386 e. The van der Waals surface area contributed by atoms with Gasteiger partial charge >= 0.3 is 13.8 Å². The van der Waals surface area contributed by atoms with E-state index in [4.69, 9.17) is 13.6 Å². The van der Waals surface area contributed by atoms with Gasteiger partial charge in [-0.15, -0.1) is 0 Å². The Kier molecular flexibility index (Phi) is 4.35. The Labute approximate surface area is 132 Å². The predicted molar refractivity (Wildman–Crippen MR) is 80.8 cm³/mol. The molecule has 7 heteroatoms. The zero-order valence-corrected chi connectivity index (χ0v) is 12.9. The number of benzene rings is 2. The Morgan fingerprint density at radius 3 is 1.78 bits per heavy atom. The number of phosphoric acid groups is 1. The number of hydrogen-bond acceptors (Lipinski definition) is 5. The highest BCUT2D eigenvalue weighted by Gasteiger charge is 2.49. The minimum Gasteiger partial charge on any atom is -0.386 e. The molecule has 23 heavy (non-hydrogen) atoms. The van der Waals surface area contributed by atoms with Gasteiger partial charge in [0.1, 0.15) is 17.7 Å². The lowest BCUT2D eigenvalue weighted by Crippen LogP contribution is -2.13. The second-order valence-electron chi connectivity index (χ2n) is 5.02. The SMILES string of the molecule is O=C(OP(=O)(Oc1ccccc1)Oc1ccccc1)[C@@H]1C[C@@H]1F. The van der Waals surface area contributed by atoms with Crippen molar-refractivity contribution in [1.82, 2.24) is 0 Å². The van der Waals surface area contributed by atoms with Gasteiger partial charge in [0, 0.05) is 0 Å². The molecular formula is C16H14FO5P. The van der Waals surface area contributed by atoms with Gasteiger partial charge in [-0.2, -0.15) is 4.57 Å². The van der Waals surface area contributed by atoms with E-state index in [0.29, 0.717) is 0 Å². The van der Waals surface area contributed by atoms with Crippen molar-refractivity contribution in [1.29, 1.82) is 0 Å². The zero-order valence-electron chi connectivity index (χ0n) is 12.0. The second kappa shape index (κ2) is 6.42. The molecule has 2 atom stereocenters. The number of carbonyl (C=O) groups excluding carboxylic acids is 1. The highest BCUT2D eigenvalue weighted by atomic mass is 31.2. The molecule has 1 saturated carbocycles. The highest BCUT2D eigenvalue weighted by molar-refractivity contribution is 7.50. The summed E-state index contributed by atoms with van der Waals surface area (Å²) in [6, 6.07) is 16.4. The maximum Gasteiger partial charge on any atom is 0.649 e. The molecule has 3 rings (SSSR count). The van der Waals surface area contributed by atoms with E-state index >= 15 is 0 Å². The monoisotopic (exact) mass is 336 g/mol. The number of halogens is 1. The van der Waals surface area contributed by atoms with Crippen molar-refractivity contribution in [2.24, 2.45) is 5.92 Å². The van der Waals surface area contributed by atoms with Gasteiger partial charge in [-0.05, 0) is 30.7 Å². The number of rotatable bonds is 6. The first-order chi connectivity index (χ1) is 11.1. The van der Waals surface area contributed by atoms with Crippen LogP contribution < -0.4 is 9.05 Å². The number of alkyl halides is 1. The first-order valence-electron chi connectivity index (χ1n) is 7.02. The largest absolute Gasteiger partial charge is 0.649 e. The van der Waals surface area contributed by atoms with E-state index in [1.54, 1.807) is 60.7 Å². The van der Waals surface area contributed by atoms with E-state index < -0.39 is 25.9 Å². The molecule has 0 saturated heterocycles. The molecule has 0 aliphatic heterocycles. The molecule has 2 aromatic rings. The van der Waals surface area contributed by atoms with Crippen molar-refractivity contribution >= 4 is 13.8 Å². The van der Waals surface area contributed by atoms with Crippen LogP contribution in [0.15, 0.2) is 60.7 Å². The molecule has 1 aliphatic rings. The van der Waals surface area contributed by atoms with Crippen molar-refractivity contribution in [3.05, 3.63) is 60.7 Å². The molecule has 0 amide bonds. The molecule has 1 fully saturated rings. The van der Waals surface area contributed by atoms with Crippen LogP contribution in [0.4, 0.5) is 4.39 Å². The summed E-state index contributed by atoms with van der Waals surface area (Å²) >= 11 is 0. The van der Waals surface area contributed by atoms with Gasteiger partial charge in [0.15, 0.2) is 0 Å². The molecule has 5 nitrogen and oxygen atoms in total. The Morgan fingerprint density at radius 1 is 0.957 bits per heavy atom. The van der Waals surface area contributed by atoms with Crippen molar-refractivity contribution in [2.75, 3.05) is 0 Å². The van der Waals surface area contributed by atoms with Gasteiger partial charge in [-0.1, -0.05) is 36.4 Å². The Hall–Kier alpha value is -2.33. The fourth-order valence-electron chi connectivity index (χ4n) is 1.86. The summed E-state index contributed by atoms with van der Waals surface area (Å²) in [6.45, 7) is 0. The van der Waals surface area contributed by atoms with Crippen LogP contribution in [0.2, 0.25) is 0 Å². The van der Waals surface area contributed by atoms with Gasteiger partial charge in [-0.25, -0.2) is 4.39 Å². The van der Waals surface area contributed by atoms with Crippen LogP contribution in [-0.2, 0) is 13.9 Å². The highest BCUT2D eigenvalue weighted by Crippen LogP contribution is 2.51. The van der Waals surface area contributed by atoms with Crippen LogP contribution in [0.3, 0.4) is 0 Å². The maximum atomic E-state index is 13.0. The topological polar surface area (TPSA) is 61.8 Å². The second-order valence-corrected chi connectivity index (χ2v) is 6.47. The van der Waals surface area contributed by atoms with Crippen molar-refractivity contribution in [3.8, 4) is 11.5 Å². The number of para-hydroxylation sites is 2. The molecule has 0 N–H and O–H groups in total. The van der Waals surface area contributed by atoms with Gasteiger partial charge in [0.25, 0.3) is 0 Å². The average molecular weight is 336 g/mol. The summed E-state index contributed by atoms with van der Waals surface area (Å²) in [5, 5.41) is 0. The van der Waals surface area contributed by atoms with Crippen LogP contribution in [0.1, 0.15) is 6.42 Å². The quantitative estimate of drug-likeness (QED) is 0.742. The fraction of sp³-hybridized carbons (Fsp3) is 0.188. The summed E-state index contributed by atoms with van der Waals surface area (Å²) in [4.78, 5) is 11.8. The lowest BCUT2D eigenvalue weighted by atomic mass is 10.3. The Balaban J connectivity index is 1.79. The first-order valence-corrected chi connectivity index (χ1v) is 8.49. The number of hydrogen-bond donors (Lipinski definition) is 0. The molecule has 0 radical (unpaired) electrons. The molecule has 0 aromatic heterocycles.